The Morgan fingerprint density at radius 3 is 2.33 bits per heavy atom. The molecule has 0 spiro atoms. The van der Waals surface area contributed by atoms with Crippen molar-refractivity contribution in [3.05, 3.63) is 35.9 Å². The van der Waals surface area contributed by atoms with E-state index in [1.54, 1.807) is 13.8 Å². The second-order valence-electron chi connectivity index (χ2n) is 5.31. The first-order chi connectivity index (χ1) is 8.31. The lowest BCUT2D eigenvalue weighted by Gasteiger charge is -2.26. The Morgan fingerprint density at radius 2 is 1.89 bits per heavy atom. The lowest BCUT2D eigenvalue weighted by Crippen LogP contribution is -2.43. The Bertz CT molecular complexity index is 383. The monoisotopic (exact) mass is 250 g/mol. The number of hydrogen-bond donors (Lipinski definition) is 2. The van der Waals surface area contributed by atoms with Gasteiger partial charge in [0.05, 0.1) is 5.60 Å². The molecule has 1 rings (SSSR count). The number of carbonyl (C=O) groups is 1. The second-order valence-corrected chi connectivity index (χ2v) is 5.31. The minimum absolute atomic E-state index is 0.103. The first kappa shape index (κ1) is 14.7. The summed E-state index contributed by atoms with van der Waals surface area (Å²) in [6.07, 6.45) is 0. The summed E-state index contributed by atoms with van der Waals surface area (Å²) in [5.41, 5.74) is 0.0409. The maximum Gasteiger partial charge on any atom is 0.242 e. The number of amides is 1. The molecular formula is C14H22N2O2. The van der Waals surface area contributed by atoms with Crippen molar-refractivity contribution in [3.63, 3.8) is 0 Å². The first-order valence-electron chi connectivity index (χ1n) is 6.03. The fourth-order valence-electron chi connectivity index (χ4n) is 1.72. The van der Waals surface area contributed by atoms with Crippen LogP contribution < -0.4 is 5.32 Å². The fraction of sp³-hybridized carbons (Fsp3) is 0.500. The minimum atomic E-state index is -0.900. The van der Waals surface area contributed by atoms with E-state index in [2.05, 4.69) is 5.32 Å². The van der Waals surface area contributed by atoms with E-state index in [0.717, 1.165) is 5.56 Å². The van der Waals surface area contributed by atoms with Crippen LogP contribution in [0.4, 0.5) is 0 Å². The lowest BCUT2D eigenvalue weighted by molar-refractivity contribution is -0.126. The highest BCUT2D eigenvalue weighted by Gasteiger charge is 2.24. The quantitative estimate of drug-likeness (QED) is 0.825. The van der Waals surface area contributed by atoms with Crippen molar-refractivity contribution in [1.82, 2.24) is 10.2 Å². The number of rotatable bonds is 5. The topological polar surface area (TPSA) is 52.6 Å². The van der Waals surface area contributed by atoms with Crippen LogP contribution in [0.5, 0.6) is 0 Å². The smallest absolute Gasteiger partial charge is 0.242 e. The van der Waals surface area contributed by atoms with Gasteiger partial charge in [0, 0.05) is 6.54 Å². The summed E-state index contributed by atoms with van der Waals surface area (Å²) in [5, 5.41) is 12.4. The molecule has 0 saturated heterocycles. The zero-order chi connectivity index (χ0) is 13.8. The summed E-state index contributed by atoms with van der Waals surface area (Å²) in [6.45, 7) is 3.57. The standard InChI is InChI=1S/C14H22N2O2/c1-14(2,18)10-15-13(17)12(16(3)4)11-8-6-5-7-9-11/h5-9,12,18H,10H2,1-4H3,(H,15,17). The predicted octanol–water partition coefficient (Wildman–Crippen LogP) is 1.18. The minimum Gasteiger partial charge on any atom is -0.389 e. The molecule has 1 amide bonds. The summed E-state index contributed by atoms with van der Waals surface area (Å²) in [5.74, 6) is -0.103. The average molecular weight is 250 g/mol. The van der Waals surface area contributed by atoms with Crippen molar-refractivity contribution in [1.29, 1.82) is 0 Å². The Morgan fingerprint density at radius 1 is 1.33 bits per heavy atom. The van der Waals surface area contributed by atoms with Gasteiger partial charge in [0.15, 0.2) is 0 Å². The van der Waals surface area contributed by atoms with Crippen LogP contribution in [0, 0.1) is 0 Å². The molecule has 1 unspecified atom stereocenters. The second kappa shape index (κ2) is 5.98. The molecule has 100 valence electrons. The summed E-state index contributed by atoms with van der Waals surface area (Å²) < 4.78 is 0. The first-order valence-corrected chi connectivity index (χ1v) is 6.03. The van der Waals surface area contributed by atoms with Crippen molar-refractivity contribution in [2.75, 3.05) is 20.6 Å². The molecule has 0 aliphatic heterocycles. The van der Waals surface area contributed by atoms with E-state index in [-0.39, 0.29) is 18.5 Å². The molecule has 2 N–H and O–H groups in total. The molecule has 1 aromatic rings. The molecule has 4 nitrogen and oxygen atoms in total. The Kier molecular flexibility index (Phi) is 4.87. The molecule has 0 heterocycles. The largest absolute Gasteiger partial charge is 0.389 e. The number of nitrogens with zero attached hydrogens (tertiary/aromatic N) is 1. The third-order valence-corrected chi connectivity index (χ3v) is 2.58. The average Bonchev–Trinajstić information content (AvgIpc) is 2.26. The van der Waals surface area contributed by atoms with E-state index >= 15 is 0 Å². The normalized spacial score (nSPS) is 13.4. The number of aliphatic hydroxyl groups is 1. The van der Waals surface area contributed by atoms with Gasteiger partial charge in [0.2, 0.25) is 5.91 Å². The highest BCUT2D eigenvalue weighted by molar-refractivity contribution is 5.83. The van der Waals surface area contributed by atoms with Crippen LogP contribution in [0.2, 0.25) is 0 Å². The number of likely N-dealkylation sites (N-methyl/N-ethyl adjacent to an activating group) is 1. The summed E-state index contributed by atoms with van der Waals surface area (Å²) >= 11 is 0. The zero-order valence-electron chi connectivity index (χ0n) is 11.5. The van der Waals surface area contributed by atoms with Crippen LogP contribution in [0.15, 0.2) is 30.3 Å². The Balaban J connectivity index is 2.78. The van der Waals surface area contributed by atoms with E-state index in [0.29, 0.717) is 0 Å². The Labute approximate surface area is 109 Å². The van der Waals surface area contributed by atoms with Gasteiger partial charge >= 0.3 is 0 Å². The van der Waals surface area contributed by atoms with Gasteiger partial charge in [-0.3, -0.25) is 9.69 Å². The molecule has 4 heteroatoms. The number of benzene rings is 1. The molecule has 0 aromatic heterocycles. The van der Waals surface area contributed by atoms with E-state index in [1.165, 1.54) is 0 Å². The van der Waals surface area contributed by atoms with Gasteiger partial charge in [0.1, 0.15) is 6.04 Å². The third-order valence-electron chi connectivity index (χ3n) is 2.58. The molecule has 1 atom stereocenters. The van der Waals surface area contributed by atoms with Crippen molar-refractivity contribution in [2.45, 2.75) is 25.5 Å². The van der Waals surface area contributed by atoms with Crippen LogP contribution in [-0.4, -0.2) is 42.2 Å². The van der Waals surface area contributed by atoms with E-state index in [9.17, 15) is 9.90 Å². The molecule has 0 saturated carbocycles. The fourth-order valence-corrected chi connectivity index (χ4v) is 1.72. The predicted molar refractivity (Wildman–Crippen MR) is 72.2 cm³/mol. The van der Waals surface area contributed by atoms with E-state index in [1.807, 2.05) is 49.3 Å². The van der Waals surface area contributed by atoms with Gasteiger partial charge in [-0.2, -0.15) is 0 Å². The third kappa shape index (κ3) is 4.47. The van der Waals surface area contributed by atoms with E-state index < -0.39 is 5.60 Å². The number of carbonyl (C=O) groups excluding carboxylic acids is 1. The zero-order valence-corrected chi connectivity index (χ0v) is 11.5. The highest BCUT2D eigenvalue weighted by Crippen LogP contribution is 2.18. The summed E-state index contributed by atoms with van der Waals surface area (Å²) in [4.78, 5) is 14.0. The van der Waals surface area contributed by atoms with Crippen molar-refractivity contribution in [2.24, 2.45) is 0 Å². The van der Waals surface area contributed by atoms with Gasteiger partial charge < -0.3 is 10.4 Å². The summed E-state index contributed by atoms with van der Waals surface area (Å²) in [7, 11) is 3.72. The SMILES string of the molecule is CN(C)C(C(=O)NCC(C)(C)O)c1ccccc1. The van der Waals surface area contributed by atoms with Crippen molar-refractivity contribution in [3.8, 4) is 0 Å². The lowest BCUT2D eigenvalue weighted by atomic mass is 10.0. The van der Waals surface area contributed by atoms with Gasteiger partial charge in [-0.15, -0.1) is 0 Å². The van der Waals surface area contributed by atoms with E-state index in [4.69, 9.17) is 0 Å². The van der Waals surface area contributed by atoms with Gasteiger partial charge in [-0.05, 0) is 33.5 Å². The maximum atomic E-state index is 12.2. The number of hydrogen-bond acceptors (Lipinski definition) is 3. The molecule has 0 bridgehead atoms. The molecule has 1 aromatic carbocycles. The molecular weight excluding hydrogens is 228 g/mol. The van der Waals surface area contributed by atoms with Crippen LogP contribution in [0.25, 0.3) is 0 Å². The van der Waals surface area contributed by atoms with Crippen LogP contribution in [0.1, 0.15) is 25.5 Å². The van der Waals surface area contributed by atoms with Gasteiger partial charge in [-0.25, -0.2) is 0 Å². The molecule has 0 aliphatic rings. The van der Waals surface area contributed by atoms with Crippen LogP contribution >= 0.6 is 0 Å². The van der Waals surface area contributed by atoms with Crippen molar-refractivity contribution < 1.29 is 9.90 Å². The van der Waals surface area contributed by atoms with Crippen LogP contribution in [0.3, 0.4) is 0 Å². The Hall–Kier alpha value is -1.39. The molecule has 0 radical (unpaired) electrons. The molecule has 0 aliphatic carbocycles. The molecule has 0 fully saturated rings. The maximum absolute atomic E-state index is 12.2. The summed E-state index contributed by atoms with van der Waals surface area (Å²) in [6, 6.07) is 9.26. The molecule has 18 heavy (non-hydrogen) atoms. The van der Waals surface area contributed by atoms with Crippen LogP contribution in [-0.2, 0) is 4.79 Å². The van der Waals surface area contributed by atoms with Gasteiger partial charge in [0.25, 0.3) is 0 Å². The number of nitrogens with one attached hydrogen (secondary N) is 1. The highest BCUT2D eigenvalue weighted by atomic mass is 16.3. The van der Waals surface area contributed by atoms with Gasteiger partial charge in [-0.1, -0.05) is 30.3 Å². The van der Waals surface area contributed by atoms with Crippen molar-refractivity contribution >= 4 is 5.91 Å².